The quantitative estimate of drug-likeness (QED) is 0.777. The van der Waals surface area contributed by atoms with Crippen molar-refractivity contribution in [1.29, 1.82) is 0 Å². The third-order valence-corrected chi connectivity index (χ3v) is 3.93. The van der Waals surface area contributed by atoms with Gasteiger partial charge in [0.2, 0.25) is 0 Å². The van der Waals surface area contributed by atoms with Crippen molar-refractivity contribution in [3.05, 3.63) is 59.7 Å². The fraction of sp³-hybridized carbons (Fsp3) is 0.211. The largest absolute Gasteiger partial charge is 0.507 e. The highest BCUT2D eigenvalue weighted by atomic mass is 16.3. The molecule has 2 N–H and O–H groups in total. The zero-order valence-corrected chi connectivity index (χ0v) is 12.2. The van der Waals surface area contributed by atoms with Crippen LogP contribution in [0.2, 0.25) is 0 Å². The summed E-state index contributed by atoms with van der Waals surface area (Å²) >= 11 is 0. The molecule has 0 atom stereocenters. The van der Waals surface area contributed by atoms with Gasteiger partial charge in [0.1, 0.15) is 11.5 Å². The summed E-state index contributed by atoms with van der Waals surface area (Å²) in [6.45, 7) is 0. The number of phenols is 2. The number of benzene rings is 2. The van der Waals surface area contributed by atoms with Crippen LogP contribution in [0.25, 0.3) is 11.1 Å². The monoisotopic (exact) mass is 294 g/mol. The topological polar surface area (TPSA) is 57.5 Å². The van der Waals surface area contributed by atoms with Gasteiger partial charge in [0.25, 0.3) is 0 Å². The molecule has 2 aromatic carbocycles. The van der Waals surface area contributed by atoms with E-state index in [9.17, 15) is 15.0 Å². The number of rotatable bonds is 0. The van der Waals surface area contributed by atoms with Crippen LogP contribution in [-0.2, 0) is 17.6 Å². The standard InChI is InChI=1S/C19H18O3/c20-15-5-3-1-2-4-13-6-8-18(21)16(11-13)17-12-14(10-15)7-9-19(17)22/h3,5-9,11-12,21-22H,1-2,4,10H2. The number of allylic oxidation sites excluding steroid dienone is 2. The van der Waals surface area contributed by atoms with Crippen molar-refractivity contribution in [2.24, 2.45) is 0 Å². The van der Waals surface area contributed by atoms with E-state index in [0.29, 0.717) is 17.5 Å². The number of fused-ring (bicyclic) bond motifs is 5. The first-order valence-corrected chi connectivity index (χ1v) is 7.47. The zero-order valence-electron chi connectivity index (χ0n) is 12.2. The van der Waals surface area contributed by atoms with E-state index in [4.69, 9.17) is 0 Å². The molecule has 0 amide bonds. The van der Waals surface area contributed by atoms with E-state index in [1.54, 1.807) is 30.3 Å². The lowest BCUT2D eigenvalue weighted by molar-refractivity contribution is -0.114. The second kappa shape index (κ2) is 6.06. The zero-order chi connectivity index (χ0) is 15.5. The summed E-state index contributed by atoms with van der Waals surface area (Å²) in [5.41, 5.74) is 3.10. The van der Waals surface area contributed by atoms with E-state index in [1.807, 2.05) is 18.2 Å². The third kappa shape index (κ3) is 3.03. The van der Waals surface area contributed by atoms with Gasteiger partial charge in [-0.15, -0.1) is 0 Å². The minimum Gasteiger partial charge on any atom is -0.507 e. The number of carbonyl (C=O) groups is 1. The molecular weight excluding hydrogens is 276 g/mol. The van der Waals surface area contributed by atoms with Gasteiger partial charge in [-0.05, 0) is 60.7 Å². The Labute approximate surface area is 129 Å². The van der Waals surface area contributed by atoms with Gasteiger partial charge in [-0.1, -0.05) is 18.2 Å². The first-order chi connectivity index (χ1) is 10.6. The second-order valence-electron chi connectivity index (χ2n) is 5.64. The van der Waals surface area contributed by atoms with Crippen LogP contribution in [0.15, 0.2) is 48.6 Å². The molecule has 0 heterocycles. The molecule has 0 radical (unpaired) electrons. The van der Waals surface area contributed by atoms with Crippen molar-refractivity contribution in [1.82, 2.24) is 0 Å². The molecular formula is C19H18O3. The van der Waals surface area contributed by atoms with Gasteiger partial charge in [-0.2, -0.15) is 0 Å². The molecule has 0 saturated heterocycles. The van der Waals surface area contributed by atoms with Crippen molar-refractivity contribution >= 4 is 5.78 Å². The van der Waals surface area contributed by atoms with Crippen molar-refractivity contribution < 1.29 is 15.0 Å². The van der Waals surface area contributed by atoms with Crippen molar-refractivity contribution in [2.75, 3.05) is 0 Å². The number of hydrogen-bond acceptors (Lipinski definition) is 3. The Balaban J connectivity index is 2.14. The lowest BCUT2D eigenvalue weighted by Gasteiger charge is -2.11. The van der Waals surface area contributed by atoms with E-state index < -0.39 is 0 Å². The first-order valence-electron chi connectivity index (χ1n) is 7.47. The maximum absolute atomic E-state index is 11.9. The summed E-state index contributed by atoms with van der Waals surface area (Å²) in [6, 6.07) is 10.6. The molecule has 0 unspecified atom stereocenters. The normalized spacial score (nSPS) is 14.8. The van der Waals surface area contributed by atoms with Crippen LogP contribution in [0, 0.1) is 0 Å². The van der Waals surface area contributed by atoms with E-state index in [2.05, 4.69) is 0 Å². The summed E-state index contributed by atoms with van der Waals surface area (Å²) in [6.07, 6.45) is 6.51. The van der Waals surface area contributed by atoms with Crippen LogP contribution >= 0.6 is 0 Å². The summed E-state index contributed by atoms with van der Waals surface area (Å²) in [5, 5.41) is 20.3. The Morgan fingerprint density at radius 1 is 0.864 bits per heavy atom. The average Bonchev–Trinajstić information content (AvgIpc) is 2.50. The van der Waals surface area contributed by atoms with E-state index in [0.717, 1.165) is 30.4 Å². The summed E-state index contributed by atoms with van der Waals surface area (Å²) < 4.78 is 0. The van der Waals surface area contributed by atoms with Crippen LogP contribution in [0.5, 0.6) is 11.5 Å². The summed E-state index contributed by atoms with van der Waals surface area (Å²) in [7, 11) is 0. The third-order valence-electron chi connectivity index (χ3n) is 3.93. The van der Waals surface area contributed by atoms with Gasteiger partial charge in [0, 0.05) is 17.5 Å². The fourth-order valence-electron chi connectivity index (χ4n) is 2.76. The predicted octanol–water partition coefficient (Wildman–Crippen LogP) is 3.77. The van der Waals surface area contributed by atoms with Crippen LogP contribution in [-0.4, -0.2) is 16.0 Å². The number of aryl methyl sites for hydroxylation is 1. The van der Waals surface area contributed by atoms with Crippen molar-refractivity contribution in [3.63, 3.8) is 0 Å². The number of aromatic hydroxyl groups is 2. The van der Waals surface area contributed by atoms with E-state index in [-0.39, 0.29) is 17.3 Å². The molecule has 3 heteroatoms. The molecule has 2 aromatic rings. The first kappa shape index (κ1) is 14.4. The minimum absolute atomic E-state index is 0.0480. The Hall–Kier alpha value is -2.55. The van der Waals surface area contributed by atoms with Crippen molar-refractivity contribution in [3.8, 4) is 22.6 Å². The van der Waals surface area contributed by atoms with Gasteiger partial charge >= 0.3 is 0 Å². The lowest BCUT2D eigenvalue weighted by atomic mass is 9.96. The van der Waals surface area contributed by atoms with Gasteiger partial charge in [0.05, 0.1) is 0 Å². The van der Waals surface area contributed by atoms with Gasteiger partial charge in [-0.25, -0.2) is 0 Å². The molecule has 0 saturated carbocycles. The lowest BCUT2D eigenvalue weighted by Crippen LogP contribution is -1.98. The van der Waals surface area contributed by atoms with Crippen LogP contribution in [0.1, 0.15) is 24.0 Å². The molecule has 0 aromatic heterocycles. The highest BCUT2D eigenvalue weighted by molar-refractivity contribution is 5.91. The SMILES string of the molecule is O=C1C=CCCCc2ccc(O)c(c2)-c2cc(ccc2O)C1. The molecule has 1 aliphatic rings. The highest BCUT2D eigenvalue weighted by Gasteiger charge is 2.12. The molecule has 112 valence electrons. The van der Waals surface area contributed by atoms with E-state index in [1.165, 1.54) is 0 Å². The van der Waals surface area contributed by atoms with Crippen molar-refractivity contribution in [2.45, 2.75) is 25.7 Å². The Bertz CT molecular complexity index is 744. The number of hydrogen-bond donors (Lipinski definition) is 2. The molecule has 1 aliphatic carbocycles. The summed E-state index contributed by atoms with van der Waals surface area (Å²) in [5.74, 6) is 0.288. The predicted molar refractivity (Wildman–Crippen MR) is 86.0 cm³/mol. The molecule has 0 fully saturated rings. The molecule has 22 heavy (non-hydrogen) atoms. The molecule has 0 aliphatic heterocycles. The number of ketones is 1. The average molecular weight is 294 g/mol. The maximum atomic E-state index is 11.9. The molecule has 3 nitrogen and oxygen atoms in total. The van der Waals surface area contributed by atoms with Crippen LogP contribution < -0.4 is 0 Å². The number of carbonyl (C=O) groups excluding carboxylic acids is 1. The maximum Gasteiger partial charge on any atom is 0.159 e. The van der Waals surface area contributed by atoms with Crippen LogP contribution in [0.4, 0.5) is 0 Å². The van der Waals surface area contributed by atoms with Gasteiger partial charge in [-0.3, -0.25) is 4.79 Å². The van der Waals surface area contributed by atoms with Crippen LogP contribution in [0.3, 0.4) is 0 Å². The summed E-state index contributed by atoms with van der Waals surface area (Å²) in [4.78, 5) is 11.9. The van der Waals surface area contributed by atoms with Gasteiger partial charge in [0.15, 0.2) is 5.78 Å². The fourth-order valence-corrected chi connectivity index (χ4v) is 2.76. The molecule has 4 bridgehead atoms. The highest BCUT2D eigenvalue weighted by Crippen LogP contribution is 2.37. The van der Waals surface area contributed by atoms with E-state index >= 15 is 0 Å². The smallest absolute Gasteiger partial charge is 0.159 e. The minimum atomic E-state index is 0.0480. The Morgan fingerprint density at radius 3 is 2.23 bits per heavy atom. The Kier molecular flexibility index (Phi) is 3.96. The second-order valence-corrected chi connectivity index (χ2v) is 5.64. The molecule has 3 rings (SSSR count). The van der Waals surface area contributed by atoms with Gasteiger partial charge < -0.3 is 10.2 Å². The Morgan fingerprint density at radius 2 is 1.50 bits per heavy atom. The number of phenolic OH excluding ortho intramolecular Hbond substituents is 2. The molecule has 0 spiro atoms.